The van der Waals surface area contributed by atoms with Gasteiger partial charge >= 0.3 is 0 Å². The normalized spacial score (nSPS) is 11.0. The fourth-order valence-electron chi connectivity index (χ4n) is 2.10. The Morgan fingerprint density at radius 1 is 1.19 bits per heavy atom. The maximum absolute atomic E-state index is 6.17. The van der Waals surface area contributed by atoms with Gasteiger partial charge in [-0.3, -0.25) is 4.98 Å². The molecule has 1 aromatic carbocycles. The van der Waals surface area contributed by atoms with Crippen molar-refractivity contribution in [3.63, 3.8) is 0 Å². The molecule has 0 fully saturated rings. The van der Waals surface area contributed by atoms with Gasteiger partial charge in [-0.05, 0) is 27.4 Å². The number of halogens is 2. The summed E-state index contributed by atoms with van der Waals surface area (Å²) in [4.78, 5) is 13.2. The first kappa shape index (κ1) is 14.4. The van der Waals surface area contributed by atoms with E-state index in [4.69, 9.17) is 16.3 Å². The highest BCUT2D eigenvalue weighted by molar-refractivity contribution is 9.10. The molecule has 0 aliphatic rings. The third-order valence-corrected chi connectivity index (χ3v) is 4.38. The lowest BCUT2D eigenvalue weighted by Gasteiger charge is -2.09. The van der Waals surface area contributed by atoms with E-state index in [1.807, 2.05) is 30.3 Å². The van der Waals surface area contributed by atoms with Crippen molar-refractivity contribution in [2.45, 2.75) is 6.61 Å². The van der Waals surface area contributed by atoms with Gasteiger partial charge in [0.1, 0.15) is 10.8 Å². The van der Waals surface area contributed by atoms with Crippen molar-refractivity contribution in [1.29, 1.82) is 0 Å². The van der Waals surface area contributed by atoms with Gasteiger partial charge in [0.25, 0.3) is 0 Å². The molecule has 0 saturated carbocycles. The summed E-state index contributed by atoms with van der Waals surface area (Å²) >= 11 is 9.55. The van der Waals surface area contributed by atoms with E-state index in [9.17, 15) is 0 Å². The number of pyridine rings is 1. The van der Waals surface area contributed by atoms with Crippen LogP contribution in [0.25, 0.3) is 22.3 Å². The second kappa shape index (κ2) is 6.05. The molecular weight excluding hydrogens is 354 g/mol. The van der Waals surface area contributed by atoms with Crippen LogP contribution in [0.2, 0.25) is 5.15 Å². The molecule has 0 unspecified atom stereocenters. The Morgan fingerprint density at radius 3 is 2.81 bits per heavy atom. The van der Waals surface area contributed by atoms with E-state index in [0.717, 1.165) is 10.8 Å². The maximum atomic E-state index is 6.17. The van der Waals surface area contributed by atoms with Gasteiger partial charge < -0.3 is 4.74 Å². The lowest BCUT2D eigenvalue weighted by atomic mass is 10.1. The second-order valence-electron chi connectivity index (χ2n) is 4.41. The SMILES string of the molecule is COCc1nc(-c2nccc3ccccc23)nc(Cl)c1Br. The highest BCUT2D eigenvalue weighted by Gasteiger charge is 2.14. The average molecular weight is 365 g/mol. The summed E-state index contributed by atoms with van der Waals surface area (Å²) in [7, 11) is 1.61. The summed E-state index contributed by atoms with van der Waals surface area (Å²) in [6.07, 6.45) is 1.74. The Morgan fingerprint density at radius 2 is 2.00 bits per heavy atom. The van der Waals surface area contributed by atoms with Gasteiger partial charge in [-0.25, -0.2) is 9.97 Å². The summed E-state index contributed by atoms with van der Waals surface area (Å²) in [5.41, 5.74) is 1.40. The average Bonchev–Trinajstić information content (AvgIpc) is 2.51. The van der Waals surface area contributed by atoms with Crippen molar-refractivity contribution in [2.75, 3.05) is 7.11 Å². The number of ether oxygens (including phenoxy) is 1. The fraction of sp³-hybridized carbons (Fsp3) is 0.133. The second-order valence-corrected chi connectivity index (χ2v) is 5.56. The van der Waals surface area contributed by atoms with Crippen molar-refractivity contribution < 1.29 is 4.74 Å². The Hall–Kier alpha value is -1.56. The minimum Gasteiger partial charge on any atom is -0.378 e. The minimum atomic E-state index is 0.348. The first-order valence-corrected chi connectivity index (χ1v) is 7.42. The van der Waals surface area contributed by atoms with E-state index in [1.54, 1.807) is 13.3 Å². The molecule has 0 amide bonds. The summed E-state index contributed by atoms with van der Waals surface area (Å²) in [6, 6.07) is 9.92. The summed E-state index contributed by atoms with van der Waals surface area (Å²) < 4.78 is 5.79. The van der Waals surface area contributed by atoms with Crippen LogP contribution in [0.4, 0.5) is 0 Å². The first-order valence-electron chi connectivity index (χ1n) is 6.25. The monoisotopic (exact) mass is 363 g/mol. The van der Waals surface area contributed by atoms with Crippen LogP contribution in [0.15, 0.2) is 41.0 Å². The van der Waals surface area contributed by atoms with Gasteiger partial charge in [-0.1, -0.05) is 35.9 Å². The molecule has 0 aliphatic carbocycles. The number of hydrogen-bond acceptors (Lipinski definition) is 4. The molecule has 0 spiro atoms. The molecule has 0 radical (unpaired) electrons. The third-order valence-electron chi connectivity index (χ3n) is 3.05. The van der Waals surface area contributed by atoms with Crippen LogP contribution in [0.1, 0.15) is 5.69 Å². The minimum absolute atomic E-state index is 0.348. The highest BCUT2D eigenvalue weighted by Crippen LogP contribution is 2.29. The molecule has 0 saturated heterocycles. The number of benzene rings is 1. The van der Waals surface area contributed by atoms with E-state index in [2.05, 4.69) is 30.9 Å². The lowest BCUT2D eigenvalue weighted by molar-refractivity contribution is 0.181. The number of hydrogen-bond donors (Lipinski definition) is 0. The molecule has 2 aromatic heterocycles. The van der Waals surface area contributed by atoms with Crippen LogP contribution in [0.5, 0.6) is 0 Å². The maximum Gasteiger partial charge on any atom is 0.180 e. The van der Waals surface area contributed by atoms with E-state index in [1.165, 1.54) is 0 Å². The van der Waals surface area contributed by atoms with Crippen molar-refractivity contribution in [2.24, 2.45) is 0 Å². The van der Waals surface area contributed by atoms with Gasteiger partial charge in [0, 0.05) is 18.7 Å². The number of methoxy groups -OCH3 is 1. The van der Waals surface area contributed by atoms with E-state index in [0.29, 0.717) is 33.4 Å². The molecule has 21 heavy (non-hydrogen) atoms. The van der Waals surface area contributed by atoms with Crippen molar-refractivity contribution in [1.82, 2.24) is 15.0 Å². The Bertz CT molecular complexity index is 805. The molecule has 4 nitrogen and oxygen atoms in total. The number of aromatic nitrogens is 3. The fourth-order valence-corrected chi connectivity index (χ4v) is 2.58. The highest BCUT2D eigenvalue weighted by atomic mass is 79.9. The number of nitrogens with zero attached hydrogens (tertiary/aromatic N) is 3. The smallest absolute Gasteiger partial charge is 0.180 e. The zero-order valence-corrected chi connectivity index (χ0v) is 13.5. The third kappa shape index (κ3) is 2.77. The van der Waals surface area contributed by atoms with Gasteiger partial charge in [-0.15, -0.1) is 0 Å². The molecule has 6 heteroatoms. The quantitative estimate of drug-likeness (QED) is 0.652. The zero-order valence-electron chi connectivity index (χ0n) is 11.2. The van der Waals surface area contributed by atoms with E-state index in [-0.39, 0.29) is 0 Å². The van der Waals surface area contributed by atoms with Crippen LogP contribution >= 0.6 is 27.5 Å². The summed E-state index contributed by atoms with van der Waals surface area (Å²) in [6.45, 7) is 0.348. The predicted octanol–water partition coefficient (Wildman–Crippen LogP) is 4.25. The summed E-state index contributed by atoms with van der Waals surface area (Å²) in [5.74, 6) is 0.493. The Kier molecular flexibility index (Phi) is 4.14. The molecule has 0 atom stereocenters. The van der Waals surface area contributed by atoms with Crippen LogP contribution in [0.3, 0.4) is 0 Å². The molecule has 0 N–H and O–H groups in total. The van der Waals surface area contributed by atoms with Crippen molar-refractivity contribution in [3.8, 4) is 11.5 Å². The van der Waals surface area contributed by atoms with Gasteiger partial charge in [0.05, 0.1) is 16.8 Å². The molecule has 0 aliphatic heterocycles. The topological polar surface area (TPSA) is 47.9 Å². The zero-order chi connectivity index (χ0) is 14.8. The summed E-state index contributed by atoms with van der Waals surface area (Å²) in [5, 5.41) is 2.42. The van der Waals surface area contributed by atoms with Gasteiger partial charge in [-0.2, -0.15) is 0 Å². The molecule has 3 rings (SSSR count). The Labute approximate surface area is 135 Å². The molecule has 0 bridgehead atoms. The standard InChI is InChI=1S/C15H11BrClN3O/c1-21-8-11-12(16)14(17)20-15(19-11)13-10-5-3-2-4-9(10)6-7-18-13/h2-7H,8H2,1H3. The van der Waals surface area contributed by atoms with Crippen LogP contribution in [-0.4, -0.2) is 22.1 Å². The number of fused-ring (bicyclic) bond motifs is 1. The largest absolute Gasteiger partial charge is 0.378 e. The Balaban J connectivity index is 2.23. The van der Waals surface area contributed by atoms with Crippen LogP contribution in [-0.2, 0) is 11.3 Å². The lowest BCUT2D eigenvalue weighted by Crippen LogP contribution is -2.01. The van der Waals surface area contributed by atoms with E-state index < -0.39 is 0 Å². The molecular formula is C15H11BrClN3O. The first-order chi connectivity index (χ1) is 10.2. The van der Waals surface area contributed by atoms with Crippen LogP contribution in [0, 0.1) is 0 Å². The van der Waals surface area contributed by atoms with Gasteiger partial charge in [0.2, 0.25) is 0 Å². The van der Waals surface area contributed by atoms with E-state index >= 15 is 0 Å². The van der Waals surface area contributed by atoms with Crippen molar-refractivity contribution >= 4 is 38.3 Å². The number of rotatable bonds is 3. The molecule has 3 aromatic rings. The predicted molar refractivity (Wildman–Crippen MR) is 86.2 cm³/mol. The molecule has 2 heterocycles. The van der Waals surface area contributed by atoms with Gasteiger partial charge in [0.15, 0.2) is 5.82 Å². The van der Waals surface area contributed by atoms with Crippen molar-refractivity contribution in [3.05, 3.63) is 51.8 Å². The molecule has 106 valence electrons. The van der Waals surface area contributed by atoms with Crippen LogP contribution < -0.4 is 0 Å².